The maximum Gasteiger partial charge on any atom is 2.00 e. The molecule has 0 saturated carbocycles. The number of benzene rings is 4. The fourth-order valence-corrected chi connectivity index (χ4v) is 12.7. The molecule has 0 spiro atoms. The molecule has 0 heterocycles. The quantitative estimate of drug-likeness (QED) is 0.0248. The van der Waals surface area contributed by atoms with Crippen molar-refractivity contribution in [1.82, 2.24) is 0 Å². The molecule has 0 radical (unpaired) electrons. The van der Waals surface area contributed by atoms with Gasteiger partial charge in [-0.3, -0.25) is 0 Å². The fraction of sp³-hybridized carbons (Fsp3) is 0.688. The van der Waals surface area contributed by atoms with E-state index in [-0.39, 0.29) is 58.7 Å². The van der Waals surface area contributed by atoms with Crippen molar-refractivity contribution in [2.75, 3.05) is 0 Å². The Morgan fingerprint density at radius 2 is 0.493 bits per heavy atom. The Kier molecular flexibility index (Phi) is 38.9. The van der Waals surface area contributed by atoms with Crippen LogP contribution in [-0.4, -0.2) is 74.8 Å². The van der Waals surface area contributed by atoms with Crippen molar-refractivity contribution < 1.29 is 25.9 Å². The van der Waals surface area contributed by atoms with Gasteiger partial charge in [0, 0.05) is 0 Å². The zero-order valence-electron chi connectivity index (χ0n) is 47.0. The van der Waals surface area contributed by atoms with Crippen molar-refractivity contribution in [3.63, 3.8) is 0 Å². The van der Waals surface area contributed by atoms with Crippen molar-refractivity contribution in [1.29, 1.82) is 0 Å². The topological polar surface area (TPSA) is 114 Å². The van der Waals surface area contributed by atoms with Crippen LogP contribution >= 0.6 is 0 Å². The number of aryl methyl sites for hydroxylation is 4. The van der Waals surface area contributed by atoms with Crippen molar-refractivity contribution in [2.24, 2.45) is 0 Å². The number of unbranched alkanes of at least 4 members (excludes halogenated alkanes) is 32. The van der Waals surface area contributed by atoms with E-state index in [0.717, 1.165) is 73.3 Å². The van der Waals surface area contributed by atoms with Crippen molar-refractivity contribution in [3.8, 4) is 0 Å². The van der Waals surface area contributed by atoms with Crippen LogP contribution in [0.25, 0.3) is 21.5 Å². The second-order valence-corrected chi connectivity index (χ2v) is 24.0. The van der Waals surface area contributed by atoms with Gasteiger partial charge >= 0.3 is 48.9 Å². The van der Waals surface area contributed by atoms with Crippen molar-refractivity contribution in [2.45, 2.75) is 294 Å². The van der Waals surface area contributed by atoms with Crippen LogP contribution in [0.4, 0.5) is 0 Å². The first-order valence-corrected chi connectivity index (χ1v) is 32.8. The normalized spacial score (nSPS) is 11.8. The predicted octanol–water partition coefficient (Wildman–Crippen LogP) is 19.4. The Hall–Kier alpha value is -1.21. The molecule has 4 aromatic carbocycles. The average Bonchev–Trinajstić information content (AvgIpc) is 3.35. The molecule has 4 aromatic rings. The molecular weight excluding hydrogens is 1070 g/mol. The molecule has 0 aliphatic carbocycles. The third-order valence-corrected chi connectivity index (χ3v) is 17.0. The summed E-state index contributed by atoms with van der Waals surface area (Å²) < 4.78 is 73.9. The fourth-order valence-electron chi connectivity index (χ4n) is 10.8. The summed E-state index contributed by atoms with van der Waals surface area (Å²) in [6.07, 6.45) is 48.3. The molecule has 0 aliphatic rings. The van der Waals surface area contributed by atoms with Crippen LogP contribution in [0, 0.1) is 0 Å². The van der Waals surface area contributed by atoms with Crippen LogP contribution in [0.2, 0.25) is 0 Å². The van der Waals surface area contributed by atoms with Crippen LogP contribution in [0.1, 0.15) is 281 Å². The van der Waals surface area contributed by atoms with Crippen LogP contribution in [0.15, 0.2) is 70.5 Å². The monoisotopic (exact) mass is 1170 g/mol. The Morgan fingerprint density at radius 1 is 0.274 bits per heavy atom. The standard InChI is InChI=1S/2C32H52O3S.Ba/c2*1-3-5-7-9-11-13-15-17-19-22-28-24-21-25-31-30(28)27-26-29(32(31)36(33,34)35)23-20-18-16-14-12-10-8-6-4-2;/h2*21,24-27H,3-20,22-23H2,1-2H3,(H,33,34,35);/q;;+2/p-2. The van der Waals surface area contributed by atoms with Gasteiger partial charge in [-0.1, -0.05) is 294 Å². The molecule has 4 rings (SSSR count). The van der Waals surface area contributed by atoms with Gasteiger partial charge in [0.1, 0.15) is 20.2 Å². The summed E-state index contributed by atoms with van der Waals surface area (Å²) in [7, 11) is -9.06. The van der Waals surface area contributed by atoms with Crippen LogP contribution in [-0.2, 0) is 45.9 Å². The Balaban J connectivity index is 0.000000493. The van der Waals surface area contributed by atoms with E-state index in [1.807, 2.05) is 36.4 Å². The van der Waals surface area contributed by atoms with Gasteiger partial charge in [-0.2, -0.15) is 0 Å². The molecule has 0 bridgehead atoms. The molecule has 0 amide bonds. The molecule has 0 N–H and O–H groups in total. The molecule has 0 aromatic heterocycles. The molecule has 0 atom stereocenters. The smallest absolute Gasteiger partial charge is 0.744 e. The number of rotatable bonds is 42. The second kappa shape index (κ2) is 41.8. The zero-order valence-corrected chi connectivity index (χ0v) is 53.1. The minimum Gasteiger partial charge on any atom is -0.744 e. The summed E-state index contributed by atoms with van der Waals surface area (Å²) in [6.45, 7) is 8.98. The van der Waals surface area contributed by atoms with E-state index < -0.39 is 20.2 Å². The Bertz CT molecular complexity index is 2100. The van der Waals surface area contributed by atoms with Gasteiger partial charge in [0.15, 0.2) is 0 Å². The van der Waals surface area contributed by atoms with Crippen LogP contribution in [0.5, 0.6) is 0 Å². The number of hydrogen-bond donors (Lipinski definition) is 0. The van der Waals surface area contributed by atoms with Gasteiger partial charge in [0.25, 0.3) is 0 Å². The molecule has 9 heteroatoms. The first kappa shape index (κ1) is 67.9. The van der Waals surface area contributed by atoms with Gasteiger partial charge < -0.3 is 9.11 Å². The number of hydrogen-bond acceptors (Lipinski definition) is 6. The average molecular weight is 1170 g/mol. The van der Waals surface area contributed by atoms with Gasteiger partial charge in [-0.25, -0.2) is 16.8 Å². The third-order valence-electron chi connectivity index (χ3n) is 15.1. The molecule has 73 heavy (non-hydrogen) atoms. The summed E-state index contributed by atoms with van der Waals surface area (Å²) in [4.78, 5) is 0.0435. The summed E-state index contributed by atoms with van der Waals surface area (Å²) in [5.74, 6) is 0. The van der Waals surface area contributed by atoms with E-state index in [9.17, 15) is 25.9 Å². The van der Waals surface area contributed by atoms with Gasteiger partial charge in [0.2, 0.25) is 0 Å². The molecule has 0 aliphatic heterocycles. The zero-order chi connectivity index (χ0) is 52.1. The van der Waals surface area contributed by atoms with E-state index in [2.05, 4.69) is 52.0 Å². The van der Waals surface area contributed by atoms with E-state index >= 15 is 0 Å². The van der Waals surface area contributed by atoms with Gasteiger partial charge in [-0.05, 0) is 95.2 Å². The van der Waals surface area contributed by atoms with Gasteiger partial charge in [-0.15, -0.1) is 0 Å². The predicted molar refractivity (Wildman–Crippen MR) is 313 cm³/mol. The molecule has 0 saturated heterocycles. The molecule has 6 nitrogen and oxygen atoms in total. The van der Waals surface area contributed by atoms with Gasteiger partial charge in [0.05, 0.1) is 9.79 Å². The minimum atomic E-state index is -4.53. The maximum atomic E-state index is 12.3. The SMILES string of the molecule is CCCCCCCCCCCc1ccc2c(CCCCCCCCCCC)cccc2c1S(=O)(=O)[O-].CCCCCCCCCCCc1ccc2c(CCCCCCCCCCC)cccc2c1S(=O)(=O)[O-].[Ba+2]. The third kappa shape index (κ3) is 28.3. The summed E-state index contributed by atoms with van der Waals surface area (Å²) in [5, 5.41) is 3.10. The summed E-state index contributed by atoms with van der Waals surface area (Å²) >= 11 is 0. The second-order valence-electron chi connectivity index (χ2n) is 21.4. The first-order valence-electron chi connectivity index (χ1n) is 30.0. The van der Waals surface area contributed by atoms with E-state index in [1.54, 1.807) is 0 Å². The van der Waals surface area contributed by atoms with Crippen LogP contribution < -0.4 is 0 Å². The summed E-state index contributed by atoms with van der Waals surface area (Å²) in [5.41, 5.74) is 3.71. The molecule has 408 valence electrons. The molecular formula is C64H102BaO6S2. The van der Waals surface area contributed by atoms with Crippen molar-refractivity contribution >= 4 is 90.7 Å². The number of fused-ring (bicyclic) bond motifs is 2. The maximum absolute atomic E-state index is 12.3. The molecule has 0 unspecified atom stereocenters. The van der Waals surface area contributed by atoms with E-state index in [0.29, 0.717) is 34.7 Å². The van der Waals surface area contributed by atoms with E-state index in [1.165, 1.54) is 193 Å². The Morgan fingerprint density at radius 3 is 0.726 bits per heavy atom. The summed E-state index contributed by atoms with van der Waals surface area (Å²) in [6, 6.07) is 19.6. The van der Waals surface area contributed by atoms with Crippen LogP contribution in [0.3, 0.4) is 0 Å². The van der Waals surface area contributed by atoms with E-state index in [4.69, 9.17) is 0 Å². The molecule has 0 fully saturated rings. The Labute approximate surface area is 489 Å². The first-order chi connectivity index (χ1) is 35.0. The van der Waals surface area contributed by atoms with Crippen molar-refractivity contribution in [3.05, 3.63) is 82.9 Å². The minimum absolute atomic E-state index is 0. The largest absolute Gasteiger partial charge is 2.00 e.